The first-order valence-corrected chi connectivity index (χ1v) is 8.05. The number of carbonyl (C=O) groups is 1. The lowest BCUT2D eigenvalue weighted by Crippen LogP contribution is -2.31. The van der Waals surface area contributed by atoms with E-state index in [1.807, 2.05) is 66.1 Å². The number of anilines is 1. The average Bonchev–Trinajstić information content (AvgIpc) is 2.90. The Hall–Kier alpha value is -2.40. The van der Waals surface area contributed by atoms with Crippen LogP contribution in [0.25, 0.3) is 11.1 Å². The molecule has 0 N–H and O–H groups in total. The first kappa shape index (κ1) is 15.5. The third kappa shape index (κ3) is 3.19. The number of hydrogen-bond acceptors (Lipinski definition) is 3. The number of aryl methyl sites for hydroxylation is 1. The van der Waals surface area contributed by atoms with E-state index in [9.17, 15) is 4.79 Å². The molecule has 5 heteroatoms. The molecule has 0 atom stereocenters. The van der Waals surface area contributed by atoms with Crippen molar-refractivity contribution in [3.63, 3.8) is 0 Å². The summed E-state index contributed by atoms with van der Waals surface area (Å²) >= 11 is 5.26. The molecule has 4 nitrogen and oxygen atoms in total. The minimum absolute atomic E-state index is 0.0749. The summed E-state index contributed by atoms with van der Waals surface area (Å²) in [5, 5.41) is 0. The maximum atomic E-state index is 12.6. The Morgan fingerprint density at radius 2 is 1.83 bits per heavy atom. The van der Waals surface area contributed by atoms with Crippen LogP contribution in [0.15, 0.2) is 59.0 Å². The van der Waals surface area contributed by atoms with Gasteiger partial charge in [-0.05, 0) is 43.4 Å². The molecule has 0 spiro atoms. The molecule has 1 amide bonds. The maximum Gasteiger partial charge on any atom is 0.269 e. The zero-order chi connectivity index (χ0) is 16.2. The molecular formula is C18H18N2O2S. The number of nitrogens with zero attached hydrogens (tertiary/aromatic N) is 2. The molecule has 23 heavy (non-hydrogen) atoms. The lowest BCUT2D eigenvalue weighted by Gasteiger charge is -2.21. The van der Waals surface area contributed by atoms with E-state index >= 15 is 0 Å². The van der Waals surface area contributed by atoms with Gasteiger partial charge in [0.05, 0.1) is 5.52 Å². The predicted octanol–water partition coefficient (Wildman–Crippen LogP) is 4.41. The summed E-state index contributed by atoms with van der Waals surface area (Å²) in [5.74, 6) is 0.0749. The van der Waals surface area contributed by atoms with Crippen molar-refractivity contribution in [3.8, 4) is 0 Å². The normalized spacial score (nSPS) is 10.8. The van der Waals surface area contributed by atoms with Gasteiger partial charge in [0.15, 0.2) is 5.58 Å². The Morgan fingerprint density at radius 1 is 1.13 bits per heavy atom. The van der Waals surface area contributed by atoms with Crippen molar-refractivity contribution >= 4 is 34.9 Å². The highest BCUT2D eigenvalue weighted by Crippen LogP contribution is 2.19. The molecule has 3 aromatic rings. The zero-order valence-corrected chi connectivity index (χ0v) is 13.8. The van der Waals surface area contributed by atoms with Crippen LogP contribution in [0.4, 0.5) is 5.69 Å². The van der Waals surface area contributed by atoms with E-state index < -0.39 is 0 Å². The lowest BCUT2D eigenvalue weighted by atomic mass is 10.2. The second-order valence-electron chi connectivity index (χ2n) is 5.21. The van der Waals surface area contributed by atoms with Crippen molar-refractivity contribution in [1.82, 2.24) is 4.57 Å². The van der Waals surface area contributed by atoms with Gasteiger partial charge >= 0.3 is 0 Å². The summed E-state index contributed by atoms with van der Waals surface area (Å²) in [6.07, 6.45) is 0.376. The van der Waals surface area contributed by atoms with Gasteiger partial charge < -0.3 is 9.32 Å². The molecule has 0 aliphatic heterocycles. The summed E-state index contributed by atoms with van der Waals surface area (Å²) in [6, 6.07) is 17.4. The van der Waals surface area contributed by atoms with E-state index in [4.69, 9.17) is 16.6 Å². The van der Waals surface area contributed by atoms with E-state index in [-0.39, 0.29) is 5.91 Å². The molecule has 1 heterocycles. The Balaban J connectivity index is 1.78. The SMILES string of the molecule is CCN(C(=O)CCn1c(=S)oc2ccccc21)c1ccccc1. The van der Waals surface area contributed by atoms with Gasteiger partial charge in [-0.15, -0.1) is 0 Å². The highest BCUT2D eigenvalue weighted by atomic mass is 32.1. The summed E-state index contributed by atoms with van der Waals surface area (Å²) < 4.78 is 7.43. The standard InChI is InChI=1S/C18H18N2O2S/c1-2-19(14-8-4-3-5-9-14)17(21)12-13-20-15-10-6-7-11-16(15)22-18(20)23/h3-11H,2,12-13H2,1H3. The van der Waals surface area contributed by atoms with Crippen molar-refractivity contribution in [1.29, 1.82) is 0 Å². The molecule has 118 valence electrons. The molecule has 0 fully saturated rings. The van der Waals surface area contributed by atoms with Crippen LogP contribution in [0.1, 0.15) is 13.3 Å². The fraction of sp³-hybridized carbons (Fsp3) is 0.222. The van der Waals surface area contributed by atoms with E-state index in [2.05, 4.69) is 0 Å². The van der Waals surface area contributed by atoms with E-state index in [0.29, 0.717) is 24.3 Å². The van der Waals surface area contributed by atoms with Crippen LogP contribution in [0.5, 0.6) is 0 Å². The number of oxazole rings is 1. The summed E-state index contributed by atoms with van der Waals surface area (Å²) in [6.45, 7) is 3.13. The van der Waals surface area contributed by atoms with Crippen LogP contribution < -0.4 is 4.90 Å². The number of hydrogen-bond donors (Lipinski definition) is 0. The molecule has 3 rings (SSSR count). The number of amides is 1. The topological polar surface area (TPSA) is 38.4 Å². The minimum Gasteiger partial charge on any atom is -0.429 e. The van der Waals surface area contributed by atoms with Crippen molar-refractivity contribution in [3.05, 3.63) is 59.4 Å². The monoisotopic (exact) mass is 326 g/mol. The second kappa shape index (κ2) is 6.79. The number of carbonyl (C=O) groups excluding carboxylic acids is 1. The van der Waals surface area contributed by atoms with Crippen molar-refractivity contribution in [2.24, 2.45) is 0 Å². The third-order valence-electron chi connectivity index (χ3n) is 3.81. The van der Waals surface area contributed by atoms with Gasteiger partial charge in [-0.3, -0.25) is 9.36 Å². The Bertz CT molecular complexity index is 867. The van der Waals surface area contributed by atoms with E-state index in [0.717, 1.165) is 16.8 Å². The van der Waals surface area contributed by atoms with Crippen molar-refractivity contribution < 1.29 is 9.21 Å². The molecule has 0 aliphatic rings. The molecule has 0 radical (unpaired) electrons. The molecule has 0 saturated carbocycles. The minimum atomic E-state index is 0.0749. The Morgan fingerprint density at radius 3 is 2.57 bits per heavy atom. The van der Waals surface area contributed by atoms with E-state index in [1.54, 1.807) is 4.90 Å². The predicted molar refractivity (Wildman–Crippen MR) is 94.1 cm³/mol. The largest absolute Gasteiger partial charge is 0.429 e. The van der Waals surface area contributed by atoms with Crippen LogP contribution in [-0.2, 0) is 11.3 Å². The van der Waals surface area contributed by atoms with Crippen molar-refractivity contribution in [2.75, 3.05) is 11.4 Å². The van der Waals surface area contributed by atoms with E-state index in [1.165, 1.54) is 0 Å². The third-order valence-corrected chi connectivity index (χ3v) is 4.11. The fourth-order valence-corrected chi connectivity index (χ4v) is 2.96. The van der Waals surface area contributed by atoms with Crippen LogP contribution in [0.2, 0.25) is 0 Å². The number of aromatic nitrogens is 1. The Labute approximate surface area is 139 Å². The highest BCUT2D eigenvalue weighted by molar-refractivity contribution is 7.71. The van der Waals surface area contributed by atoms with Gasteiger partial charge in [0.25, 0.3) is 4.84 Å². The number of rotatable bonds is 5. The molecule has 0 aliphatic carbocycles. The lowest BCUT2D eigenvalue weighted by molar-refractivity contribution is -0.118. The first-order valence-electron chi connectivity index (χ1n) is 7.64. The fourth-order valence-electron chi connectivity index (χ4n) is 2.68. The van der Waals surface area contributed by atoms with Gasteiger partial charge in [-0.1, -0.05) is 30.3 Å². The molecule has 0 saturated heterocycles. The van der Waals surface area contributed by atoms with Crippen LogP contribution in [-0.4, -0.2) is 17.0 Å². The number of fused-ring (bicyclic) bond motifs is 1. The summed E-state index contributed by atoms with van der Waals surface area (Å²) in [7, 11) is 0. The maximum absolute atomic E-state index is 12.6. The molecular weight excluding hydrogens is 308 g/mol. The molecule has 1 aromatic heterocycles. The van der Waals surface area contributed by atoms with Crippen molar-refractivity contribution in [2.45, 2.75) is 19.9 Å². The highest BCUT2D eigenvalue weighted by Gasteiger charge is 2.15. The van der Waals surface area contributed by atoms with Gasteiger partial charge in [-0.2, -0.15) is 0 Å². The summed E-state index contributed by atoms with van der Waals surface area (Å²) in [4.78, 5) is 14.8. The van der Waals surface area contributed by atoms with Gasteiger partial charge in [0, 0.05) is 25.2 Å². The van der Waals surface area contributed by atoms with Gasteiger partial charge in [-0.25, -0.2) is 0 Å². The molecule has 0 bridgehead atoms. The van der Waals surface area contributed by atoms with Crippen LogP contribution in [0.3, 0.4) is 0 Å². The number of para-hydroxylation sites is 3. The van der Waals surface area contributed by atoms with Crippen LogP contribution in [0, 0.1) is 4.84 Å². The quantitative estimate of drug-likeness (QED) is 0.652. The smallest absolute Gasteiger partial charge is 0.269 e. The number of benzene rings is 2. The van der Waals surface area contributed by atoms with Crippen LogP contribution >= 0.6 is 12.2 Å². The summed E-state index contributed by atoms with van der Waals surface area (Å²) in [5.41, 5.74) is 2.59. The van der Waals surface area contributed by atoms with Gasteiger partial charge in [0.1, 0.15) is 0 Å². The van der Waals surface area contributed by atoms with Gasteiger partial charge in [0.2, 0.25) is 5.91 Å². The Kier molecular flexibility index (Phi) is 4.57. The molecule has 2 aromatic carbocycles. The zero-order valence-electron chi connectivity index (χ0n) is 12.9. The first-order chi connectivity index (χ1) is 11.2. The molecule has 0 unspecified atom stereocenters. The second-order valence-corrected chi connectivity index (χ2v) is 5.56. The average molecular weight is 326 g/mol.